The molecule has 0 saturated carbocycles. The molecule has 118 valence electrons. The van der Waals surface area contributed by atoms with Crippen LogP contribution < -0.4 is 15.2 Å². The number of aliphatic hydroxyl groups excluding tert-OH is 1. The molecule has 3 N–H and O–H groups in total. The molecule has 1 aliphatic heterocycles. The lowest BCUT2D eigenvalue weighted by Crippen LogP contribution is -2.42. The molecule has 0 aliphatic carbocycles. The average Bonchev–Trinajstić information content (AvgIpc) is 2.47. The van der Waals surface area contributed by atoms with Gasteiger partial charge in [0.2, 0.25) is 10.0 Å². The Kier molecular flexibility index (Phi) is 4.60. The van der Waals surface area contributed by atoms with Crippen molar-refractivity contribution in [3.63, 3.8) is 0 Å². The number of nitrogens with two attached hydrogens (primary N) is 1. The van der Waals surface area contributed by atoms with E-state index in [1.54, 1.807) is 0 Å². The van der Waals surface area contributed by atoms with E-state index in [9.17, 15) is 13.5 Å². The van der Waals surface area contributed by atoms with Gasteiger partial charge in [0.25, 0.3) is 0 Å². The van der Waals surface area contributed by atoms with E-state index < -0.39 is 16.1 Å². The van der Waals surface area contributed by atoms with E-state index in [-0.39, 0.29) is 22.9 Å². The summed E-state index contributed by atoms with van der Waals surface area (Å²) in [6.07, 6.45) is 0.581. The summed E-state index contributed by atoms with van der Waals surface area (Å²) in [5.41, 5.74) is 6.01. The number of benzene rings is 1. The lowest BCUT2D eigenvalue weighted by molar-refractivity contribution is 0.108. The zero-order valence-corrected chi connectivity index (χ0v) is 12.9. The van der Waals surface area contributed by atoms with Crippen molar-refractivity contribution in [2.75, 3.05) is 33.0 Å². The Balaban J connectivity index is 2.46. The van der Waals surface area contributed by atoms with Crippen LogP contribution in [0.4, 0.5) is 5.69 Å². The van der Waals surface area contributed by atoms with Crippen LogP contribution in [0.15, 0.2) is 17.0 Å². The molecule has 1 atom stereocenters. The highest BCUT2D eigenvalue weighted by molar-refractivity contribution is 7.89. The van der Waals surface area contributed by atoms with E-state index in [1.165, 1.54) is 30.7 Å². The zero-order chi connectivity index (χ0) is 15.6. The summed E-state index contributed by atoms with van der Waals surface area (Å²) in [4.78, 5) is -0.0163. The summed E-state index contributed by atoms with van der Waals surface area (Å²) in [6, 6.07) is 2.77. The number of nitrogens with zero attached hydrogens (tertiary/aromatic N) is 1. The number of nitrogen functional groups attached to an aromatic ring is 1. The number of aliphatic hydroxyl groups is 1. The molecule has 0 amide bonds. The van der Waals surface area contributed by atoms with Gasteiger partial charge in [-0.3, -0.25) is 0 Å². The Bertz CT molecular complexity index is 617. The first-order valence-corrected chi connectivity index (χ1v) is 8.04. The van der Waals surface area contributed by atoms with Crippen molar-refractivity contribution < 1.29 is 23.0 Å². The molecule has 0 unspecified atom stereocenters. The molecule has 1 aliphatic rings. The van der Waals surface area contributed by atoms with Crippen molar-refractivity contribution in [3.8, 4) is 11.5 Å². The number of β-amino-alcohol motifs (C(OH)–C–C–N with tert-alkyl or cyclic N) is 1. The van der Waals surface area contributed by atoms with Crippen molar-refractivity contribution in [1.82, 2.24) is 4.31 Å². The van der Waals surface area contributed by atoms with Gasteiger partial charge in [0.05, 0.1) is 26.0 Å². The Morgan fingerprint density at radius 1 is 1.29 bits per heavy atom. The summed E-state index contributed by atoms with van der Waals surface area (Å²) in [7, 11) is -0.944. The fraction of sp³-hybridized carbons (Fsp3) is 0.538. The van der Waals surface area contributed by atoms with Gasteiger partial charge in [-0.2, -0.15) is 4.31 Å². The van der Waals surface area contributed by atoms with Crippen LogP contribution in [0, 0.1) is 0 Å². The van der Waals surface area contributed by atoms with Gasteiger partial charge in [0.15, 0.2) is 0 Å². The van der Waals surface area contributed by atoms with Crippen molar-refractivity contribution in [2.45, 2.75) is 23.8 Å². The summed E-state index contributed by atoms with van der Waals surface area (Å²) in [5, 5.41) is 9.67. The van der Waals surface area contributed by atoms with Gasteiger partial charge in [-0.15, -0.1) is 0 Å². The second-order valence-corrected chi connectivity index (χ2v) is 6.81. The number of methoxy groups -OCH3 is 2. The van der Waals surface area contributed by atoms with E-state index in [0.29, 0.717) is 25.1 Å². The minimum Gasteiger partial charge on any atom is -0.495 e. The smallest absolute Gasteiger partial charge is 0.246 e. The number of ether oxygens (including phenoxy) is 2. The van der Waals surface area contributed by atoms with E-state index in [4.69, 9.17) is 15.2 Å². The minimum absolute atomic E-state index is 0.0163. The molecule has 21 heavy (non-hydrogen) atoms. The van der Waals surface area contributed by atoms with Gasteiger partial charge < -0.3 is 20.3 Å². The van der Waals surface area contributed by atoms with Crippen LogP contribution in [0.25, 0.3) is 0 Å². The largest absolute Gasteiger partial charge is 0.495 e. The Labute approximate surface area is 124 Å². The number of piperidine rings is 1. The highest BCUT2D eigenvalue weighted by Gasteiger charge is 2.32. The van der Waals surface area contributed by atoms with E-state index in [0.717, 1.165) is 0 Å². The van der Waals surface area contributed by atoms with Gasteiger partial charge in [-0.05, 0) is 18.9 Å². The molecule has 1 fully saturated rings. The van der Waals surface area contributed by atoms with Crippen molar-refractivity contribution >= 4 is 15.7 Å². The standard InChI is InChI=1S/C13H20N2O5S/c1-19-11-7-12(20-2)13(6-10(11)14)21(17,18)15-5-3-4-9(16)8-15/h6-7,9,16H,3-5,8,14H2,1-2H3/t9-/m0/s1. The summed E-state index contributed by atoms with van der Waals surface area (Å²) >= 11 is 0. The SMILES string of the molecule is COc1cc(OC)c(S(=O)(=O)N2CCC[C@H](O)C2)cc1N. The first-order valence-electron chi connectivity index (χ1n) is 6.60. The average molecular weight is 316 g/mol. The lowest BCUT2D eigenvalue weighted by Gasteiger charge is -2.29. The van der Waals surface area contributed by atoms with Gasteiger partial charge in [0, 0.05) is 19.2 Å². The van der Waals surface area contributed by atoms with Crippen molar-refractivity contribution in [1.29, 1.82) is 0 Å². The van der Waals surface area contributed by atoms with Crippen molar-refractivity contribution in [3.05, 3.63) is 12.1 Å². The Morgan fingerprint density at radius 3 is 2.52 bits per heavy atom. The maximum absolute atomic E-state index is 12.7. The normalized spacial score (nSPS) is 20.2. The van der Waals surface area contributed by atoms with Crippen LogP contribution in [0.5, 0.6) is 11.5 Å². The third-order valence-electron chi connectivity index (χ3n) is 3.49. The molecule has 0 bridgehead atoms. The minimum atomic E-state index is -3.77. The van der Waals surface area contributed by atoms with Crippen LogP contribution in [0.1, 0.15) is 12.8 Å². The third-order valence-corrected chi connectivity index (χ3v) is 5.38. The predicted octanol–water partition coefficient (Wildman–Crippen LogP) is 0.431. The molecule has 7 nitrogen and oxygen atoms in total. The summed E-state index contributed by atoms with van der Waals surface area (Å²) in [5.74, 6) is 0.519. The molecular formula is C13H20N2O5S. The molecule has 8 heteroatoms. The fourth-order valence-corrected chi connectivity index (χ4v) is 4.06. The zero-order valence-electron chi connectivity index (χ0n) is 12.1. The molecule has 0 spiro atoms. The second-order valence-electron chi connectivity index (χ2n) is 4.90. The maximum Gasteiger partial charge on any atom is 0.246 e. The topological polar surface area (TPSA) is 102 Å². The van der Waals surface area contributed by atoms with E-state index >= 15 is 0 Å². The van der Waals surface area contributed by atoms with E-state index in [2.05, 4.69) is 0 Å². The van der Waals surface area contributed by atoms with Crippen LogP contribution in [0.2, 0.25) is 0 Å². The highest BCUT2D eigenvalue weighted by atomic mass is 32.2. The molecule has 0 radical (unpaired) electrons. The first kappa shape index (κ1) is 15.9. The van der Waals surface area contributed by atoms with Crippen LogP contribution in [-0.2, 0) is 10.0 Å². The van der Waals surface area contributed by atoms with Gasteiger partial charge in [-0.25, -0.2) is 8.42 Å². The number of hydrogen-bond donors (Lipinski definition) is 2. The van der Waals surface area contributed by atoms with Crippen molar-refractivity contribution in [2.24, 2.45) is 0 Å². The molecule has 1 aromatic rings. The molecule has 1 heterocycles. The number of sulfonamides is 1. The molecule has 1 aromatic carbocycles. The van der Waals surface area contributed by atoms with Crippen LogP contribution >= 0.6 is 0 Å². The van der Waals surface area contributed by atoms with Gasteiger partial charge in [0.1, 0.15) is 16.4 Å². The predicted molar refractivity (Wildman–Crippen MR) is 78.0 cm³/mol. The number of rotatable bonds is 4. The lowest BCUT2D eigenvalue weighted by atomic mass is 10.1. The Morgan fingerprint density at radius 2 is 1.95 bits per heavy atom. The van der Waals surface area contributed by atoms with Crippen LogP contribution in [0.3, 0.4) is 0 Å². The maximum atomic E-state index is 12.7. The quantitative estimate of drug-likeness (QED) is 0.781. The molecule has 0 aromatic heterocycles. The van der Waals surface area contributed by atoms with E-state index in [1.807, 2.05) is 0 Å². The summed E-state index contributed by atoms with van der Waals surface area (Å²) in [6.45, 7) is 0.450. The number of hydrogen-bond acceptors (Lipinski definition) is 6. The molecular weight excluding hydrogens is 296 g/mol. The fourth-order valence-electron chi connectivity index (χ4n) is 2.37. The Hall–Kier alpha value is -1.51. The second kappa shape index (κ2) is 6.08. The monoisotopic (exact) mass is 316 g/mol. The number of anilines is 1. The highest BCUT2D eigenvalue weighted by Crippen LogP contribution is 2.35. The van der Waals surface area contributed by atoms with Gasteiger partial charge in [-0.1, -0.05) is 0 Å². The van der Waals surface area contributed by atoms with Crippen LogP contribution in [-0.4, -0.2) is 51.2 Å². The molecule has 1 saturated heterocycles. The first-order chi connectivity index (χ1) is 9.90. The molecule has 2 rings (SSSR count). The van der Waals surface area contributed by atoms with Gasteiger partial charge >= 0.3 is 0 Å². The summed E-state index contributed by atoms with van der Waals surface area (Å²) < 4.78 is 36.9. The third kappa shape index (κ3) is 3.07.